The molecule has 3 rings (SSSR count). The van der Waals surface area contributed by atoms with Crippen LogP contribution < -0.4 is 10.6 Å². The molecule has 1 aromatic heterocycles. The van der Waals surface area contributed by atoms with Crippen LogP contribution in [-0.2, 0) is 29.2 Å². The van der Waals surface area contributed by atoms with E-state index in [4.69, 9.17) is 4.74 Å². The van der Waals surface area contributed by atoms with Crippen LogP contribution in [0.2, 0.25) is 0 Å². The molecule has 2 aliphatic heterocycles. The molecule has 7 heteroatoms. The lowest BCUT2D eigenvalue weighted by Crippen LogP contribution is -2.44. The largest absolute Gasteiger partial charge is 0.378 e. The highest BCUT2D eigenvalue weighted by Crippen LogP contribution is 2.15. The van der Waals surface area contributed by atoms with Crippen molar-refractivity contribution in [2.75, 3.05) is 32.8 Å². The summed E-state index contributed by atoms with van der Waals surface area (Å²) in [6, 6.07) is 2.24. The Hall–Kier alpha value is -1.44. The molecule has 3 heterocycles. The van der Waals surface area contributed by atoms with E-state index in [1.165, 1.54) is 5.69 Å². The van der Waals surface area contributed by atoms with Gasteiger partial charge in [-0.1, -0.05) is 13.8 Å². The van der Waals surface area contributed by atoms with Crippen molar-refractivity contribution in [1.29, 1.82) is 0 Å². The topological polar surface area (TPSA) is 71.4 Å². The number of hydrogen-bond donors (Lipinski definition) is 2. The Kier molecular flexibility index (Phi) is 5.86. The number of nitrogens with zero attached hydrogens (tertiary/aromatic N) is 3. The molecule has 0 radical (unpaired) electrons. The molecule has 0 saturated carbocycles. The highest BCUT2D eigenvalue weighted by atomic mass is 16.5. The summed E-state index contributed by atoms with van der Waals surface area (Å²) in [6.45, 7) is 11.2. The smallest absolute Gasteiger partial charge is 0.221 e. The first-order valence-electron chi connectivity index (χ1n) is 8.96. The zero-order chi connectivity index (χ0) is 16.9. The summed E-state index contributed by atoms with van der Waals surface area (Å²) in [4.78, 5) is 14.5. The van der Waals surface area contributed by atoms with E-state index in [-0.39, 0.29) is 11.9 Å². The van der Waals surface area contributed by atoms with E-state index in [0.717, 1.165) is 45.0 Å². The Morgan fingerprint density at radius 1 is 1.50 bits per heavy atom. The van der Waals surface area contributed by atoms with Gasteiger partial charge in [-0.05, 0) is 12.0 Å². The summed E-state index contributed by atoms with van der Waals surface area (Å²) >= 11 is 0. The van der Waals surface area contributed by atoms with Gasteiger partial charge in [-0.3, -0.25) is 14.4 Å². The van der Waals surface area contributed by atoms with E-state index < -0.39 is 0 Å². The fraction of sp³-hybridized carbons (Fsp3) is 0.765. The second kappa shape index (κ2) is 8.09. The predicted molar refractivity (Wildman–Crippen MR) is 91.4 cm³/mol. The zero-order valence-electron chi connectivity index (χ0n) is 14.8. The third kappa shape index (κ3) is 4.78. The number of aromatic nitrogens is 2. The van der Waals surface area contributed by atoms with Gasteiger partial charge in [0.25, 0.3) is 0 Å². The molecule has 0 aliphatic carbocycles. The van der Waals surface area contributed by atoms with Crippen molar-refractivity contribution in [2.45, 2.75) is 45.9 Å². The summed E-state index contributed by atoms with van der Waals surface area (Å²) in [6.07, 6.45) is 0.454. The van der Waals surface area contributed by atoms with Gasteiger partial charge in [0.2, 0.25) is 5.91 Å². The number of nitrogens with one attached hydrogen (secondary N) is 2. The van der Waals surface area contributed by atoms with Crippen molar-refractivity contribution in [1.82, 2.24) is 25.3 Å². The van der Waals surface area contributed by atoms with Crippen molar-refractivity contribution in [3.63, 3.8) is 0 Å². The number of carbonyl (C=O) groups is 1. The van der Waals surface area contributed by atoms with Gasteiger partial charge in [-0.15, -0.1) is 0 Å². The van der Waals surface area contributed by atoms with Gasteiger partial charge in [0, 0.05) is 38.6 Å². The third-order valence-corrected chi connectivity index (χ3v) is 4.45. The molecule has 134 valence electrons. The number of amides is 1. The van der Waals surface area contributed by atoms with E-state index >= 15 is 0 Å². The minimum absolute atomic E-state index is 0.0467. The van der Waals surface area contributed by atoms with Crippen LogP contribution in [0.25, 0.3) is 0 Å². The number of hydrogen-bond acceptors (Lipinski definition) is 5. The maximum absolute atomic E-state index is 12.1. The van der Waals surface area contributed by atoms with E-state index in [1.54, 1.807) is 0 Å². The number of morpholine rings is 1. The SMILES string of the molecule is CC(C)CN1CCn2nc(CNC(=O)CC3COCCN3)cc2C1. The Balaban J connectivity index is 1.46. The Bertz CT molecular complexity index is 551. The fourth-order valence-electron chi connectivity index (χ4n) is 3.37. The maximum Gasteiger partial charge on any atom is 0.221 e. The van der Waals surface area contributed by atoms with Crippen LogP contribution in [0.4, 0.5) is 0 Å². The summed E-state index contributed by atoms with van der Waals surface area (Å²) in [7, 11) is 0. The first kappa shape index (κ1) is 17.4. The molecule has 0 aromatic carbocycles. The van der Waals surface area contributed by atoms with Crippen molar-refractivity contribution in [3.8, 4) is 0 Å². The van der Waals surface area contributed by atoms with Crippen molar-refractivity contribution in [2.24, 2.45) is 5.92 Å². The van der Waals surface area contributed by atoms with E-state index in [0.29, 0.717) is 25.5 Å². The third-order valence-electron chi connectivity index (χ3n) is 4.45. The lowest BCUT2D eigenvalue weighted by atomic mass is 10.2. The van der Waals surface area contributed by atoms with Gasteiger partial charge < -0.3 is 15.4 Å². The highest BCUT2D eigenvalue weighted by molar-refractivity contribution is 5.76. The molecule has 1 amide bonds. The summed E-state index contributed by atoms with van der Waals surface area (Å²) in [5.41, 5.74) is 2.19. The first-order chi connectivity index (χ1) is 11.6. The Morgan fingerprint density at radius 2 is 2.38 bits per heavy atom. The molecular formula is C17H29N5O2. The van der Waals surface area contributed by atoms with Crippen LogP contribution in [0.15, 0.2) is 6.07 Å². The summed E-state index contributed by atoms with van der Waals surface area (Å²) in [5, 5.41) is 10.9. The summed E-state index contributed by atoms with van der Waals surface area (Å²) in [5.74, 6) is 0.723. The second-order valence-electron chi connectivity index (χ2n) is 7.19. The molecule has 2 N–H and O–H groups in total. The van der Waals surface area contributed by atoms with Crippen LogP contribution in [0.3, 0.4) is 0 Å². The van der Waals surface area contributed by atoms with Crippen LogP contribution in [0, 0.1) is 5.92 Å². The molecule has 0 bridgehead atoms. The van der Waals surface area contributed by atoms with Crippen LogP contribution >= 0.6 is 0 Å². The van der Waals surface area contributed by atoms with Crippen LogP contribution in [0.5, 0.6) is 0 Å². The van der Waals surface area contributed by atoms with E-state index in [1.807, 2.05) is 0 Å². The maximum atomic E-state index is 12.1. The Morgan fingerprint density at radius 3 is 3.12 bits per heavy atom. The Labute approximate surface area is 143 Å². The van der Waals surface area contributed by atoms with Crippen LogP contribution in [-0.4, -0.2) is 59.5 Å². The summed E-state index contributed by atoms with van der Waals surface area (Å²) < 4.78 is 7.45. The van der Waals surface area contributed by atoms with E-state index in [2.05, 4.69) is 45.2 Å². The molecule has 2 aliphatic rings. The standard InChI is InChI=1S/C17H29N5O2/c1-13(2)10-21-4-5-22-16(11-21)7-14(20-22)9-19-17(23)8-15-12-24-6-3-18-15/h7,13,15,18H,3-6,8-12H2,1-2H3,(H,19,23). The van der Waals surface area contributed by atoms with Gasteiger partial charge >= 0.3 is 0 Å². The number of rotatable bonds is 6. The number of carbonyl (C=O) groups excluding carboxylic acids is 1. The zero-order valence-corrected chi connectivity index (χ0v) is 14.8. The molecule has 24 heavy (non-hydrogen) atoms. The molecule has 0 spiro atoms. The van der Waals surface area contributed by atoms with Crippen LogP contribution in [0.1, 0.15) is 31.7 Å². The lowest BCUT2D eigenvalue weighted by Gasteiger charge is -2.28. The molecular weight excluding hydrogens is 306 g/mol. The number of ether oxygens (including phenoxy) is 1. The minimum Gasteiger partial charge on any atom is -0.378 e. The number of fused-ring (bicyclic) bond motifs is 1. The quantitative estimate of drug-likeness (QED) is 0.785. The van der Waals surface area contributed by atoms with Crippen molar-refractivity contribution >= 4 is 5.91 Å². The van der Waals surface area contributed by atoms with Crippen molar-refractivity contribution in [3.05, 3.63) is 17.5 Å². The van der Waals surface area contributed by atoms with Crippen molar-refractivity contribution < 1.29 is 9.53 Å². The lowest BCUT2D eigenvalue weighted by molar-refractivity contribution is -0.122. The van der Waals surface area contributed by atoms with Gasteiger partial charge in [0.05, 0.1) is 37.7 Å². The average Bonchev–Trinajstić information content (AvgIpc) is 2.95. The van der Waals surface area contributed by atoms with E-state index in [9.17, 15) is 4.79 Å². The monoisotopic (exact) mass is 335 g/mol. The molecule has 1 atom stereocenters. The van der Waals surface area contributed by atoms with Gasteiger partial charge in [0.15, 0.2) is 0 Å². The molecule has 1 aromatic rings. The van der Waals surface area contributed by atoms with Gasteiger partial charge in [0.1, 0.15) is 0 Å². The molecule has 7 nitrogen and oxygen atoms in total. The minimum atomic E-state index is 0.0467. The van der Waals surface area contributed by atoms with Gasteiger partial charge in [-0.2, -0.15) is 5.10 Å². The second-order valence-corrected chi connectivity index (χ2v) is 7.19. The normalized spacial score (nSPS) is 21.7. The van der Waals surface area contributed by atoms with Gasteiger partial charge in [-0.25, -0.2) is 0 Å². The average molecular weight is 335 g/mol. The predicted octanol–water partition coefficient (Wildman–Crippen LogP) is 0.349. The fourth-order valence-corrected chi connectivity index (χ4v) is 3.37. The molecule has 1 saturated heterocycles. The molecule has 1 unspecified atom stereocenters. The molecule has 1 fully saturated rings. The highest BCUT2D eigenvalue weighted by Gasteiger charge is 2.20. The first-order valence-corrected chi connectivity index (χ1v) is 8.96.